The van der Waals surface area contributed by atoms with Crippen molar-refractivity contribution in [2.24, 2.45) is 0 Å². The summed E-state index contributed by atoms with van der Waals surface area (Å²) in [6, 6.07) is 15.6. The highest BCUT2D eigenvalue weighted by molar-refractivity contribution is 7.09. The molecule has 0 amide bonds. The van der Waals surface area contributed by atoms with Crippen molar-refractivity contribution in [2.75, 3.05) is 18.5 Å². The van der Waals surface area contributed by atoms with Crippen LogP contribution >= 0.6 is 11.3 Å². The number of anilines is 1. The topological polar surface area (TPSA) is 100 Å². The van der Waals surface area contributed by atoms with Gasteiger partial charge in [-0.15, -0.1) is 0 Å². The fourth-order valence-electron chi connectivity index (χ4n) is 2.64. The molecular formula is C19H17N3O4S. The van der Waals surface area contributed by atoms with Crippen LogP contribution in [-0.2, 0) is 6.42 Å². The smallest absolute Gasteiger partial charge is 0.307 e. The monoisotopic (exact) mass is 383 g/mol. The Bertz CT molecular complexity index is 1070. The summed E-state index contributed by atoms with van der Waals surface area (Å²) in [6.07, 6.45) is 0.495. The van der Waals surface area contributed by atoms with Gasteiger partial charge >= 0.3 is 4.87 Å². The average Bonchev–Trinajstić information content (AvgIpc) is 3.22. The highest BCUT2D eigenvalue weighted by atomic mass is 32.1. The van der Waals surface area contributed by atoms with Gasteiger partial charge in [-0.2, -0.15) is 4.98 Å². The number of H-pyrrole nitrogens is 1. The number of nitrogens with one attached hydrogen (secondary N) is 2. The molecule has 4 rings (SSSR count). The number of nitrogens with zero attached hydrogens (tertiary/aromatic N) is 1. The molecule has 0 bridgehead atoms. The summed E-state index contributed by atoms with van der Waals surface area (Å²) in [7, 11) is 0. The van der Waals surface area contributed by atoms with Gasteiger partial charge in [0.25, 0.3) is 6.01 Å². The number of para-hydroxylation sites is 2. The highest BCUT2D eigenvalue weighted by Gasteiger charge is 2.08. The second kappa shape index (κ2) is 7.55. The number of fused-ring (bicyclic) bond motifs is 1. The molecule has 0 aliphatic carbocycles. The minimum Gasteiger partial charge on any atom is -0.494 e. The summed E-state index contributed by atoms with van der Waals surface area (Å²) in [4.78, 5) is 18.3. The number of benzene rings is 2. The maximum absolute atomic E-state index is 11.2. The van der Waals surface area contributed by atoms with Crippen LogP contribution in [0.3, 0.4) is 0 Å². The molecule has 0 spiro atoms. The third-order valence-electron chi connectivity index (χ3n) is 3.93. The SMILES string of the molecule is O=c1[nH]c(O)c(Cc2ccc(OCCNc3nc4ccccc4o3)cc2)s1. The van der Waals surface area contributed by atoms with Crippen molar-refractivity contribution in [2.45, 2.75) is 6.42 Å². The molecule has 8 heteroatoms. The summed E-state index contributed by atoms with van der Waals surface area (Å²) in [5.74, 6) is 0.681. The summed E-state index contributed by atoms with van der Waals surface area (Å²) < 4.78 is 11.3. The van der Waals surface area contributed by atoms with Gasteiger partial charge in [0.15, 0.2) is 5.58 Å². The van der Waals surface area contributed by atoms with Gasteiger partial charge in [-0.25, -0.2) is 0 Å². The molecule has 138 valence electrons. The van der Waals surface area contributed by atoms with Crippen LogP contribution in [0.1, 0.15) is 10.4 Å². The highest BCUT2D eigenvalue weighted by Crippen LogP contribution is 2.22. The Morgan fingerprint density at radius 1 is 1.19 bits per heavy atom. The molecule has 4 aromatic rings. The Hall–Kier alpha value is -3.26. The van der Waals surface area contributed by atoms with E-state index in [9.17, 15) is 9.90 Å². The first kappa shape index (κ1) is 17.2. The summed E-state index contributed by atoms with van der Waals surface area (Å²) in [5, 5.41) is 12.7. The molecule has 27 heavy (non-hydrogen) atoms. The van der Waals surface area contributed by atoms with Crippen LogP contribution < -0.4 is 14.9 Å². The predicted molar refractivity (Wildman–Crippen MR) is 104 cm³/mol. The van der Waals surface area contributed by atoms with Gasteiger partial charge in [-0.3, -0.25) is 9.78 Å². The number of rotatable bonds is 7. The van der Waals surface area contributed by atoms with Gasteiger partial charge < -0.3 is 19.6 Å². The van der Waals surface area contributed by atoms with E-state index in [4.69, 9.17) is 9.15 Å². The van der Waals surface area contributed by atoms with E-state index in [1.807, 2.05) is 48.5 Å². The number of aromatic amines is 1. The van der Waals surface area contributed by atoms with E-state index in [0.29, 0.717) is 30.5 Å². The van der Waals surface area contributed by atoms with Crippen LogP contribution in [0, 0.1) is 0 Å². The van der Waals surface area contributed by atoms with Crippen LogP contribution in [-0.4, -0.2) is 28.2 Å². The van der Waals surface area contributed by atoms with Crippen molar-refractivity contribution < 1.29 is 14.3 Å². The van der Waals surface area contributed by atoms with E-state index in [-0.39, 0.29) is 10.8 Å². The van der Waals surface area contributed by atoms with Crippen LogP contribution in [0.25, 0.3) is 11.1 Å². The first-order valence-corrected chi connectivity index (χ1v) is 9.21. The van der Waals surface area contributed by atoms with Crippen molar-refractivity contribution in [3.05, 3.63) is 68.6 Å². The number of oxazole rings is 1. The van der Waals surface area contributed by atoms with E-state index in [0.717, 1.165) is 33.7 Å². The molecule has 0 atom stereocenters. The first-order valence-electron chi connectivity index (χ1n) is 8.39. The van der Waals surface area contributed by atoms with Crippen molar-refractivity contribution in [1.82, 2.24) is 9.97 Å². The van der Waals surface area contributed by atoms with E-state index in [1.54, 1.807) is 0 Å². The van der Waals surface area contributed by atoms with Crippen molar-refractivity contribution in [1.29, 1.82) is 0 Å². The standard InChI is InChI=1S/C19H17N3O4S/c23-17-16(27-19(24)22-17)11-12-5-7-13(8-6-12)25-10-9-20-18-21-14-3-1-2-4-15(14)26-18/h1-8,23H,9-11H2,(H,20,21)(H,22,24). The number of aromatic hydroxyl groups is 1. The number of thiazole rings is 1. The minimum absolute atomic E-state index is 0.0596. The number of ether oxygens (including phenoxy) is 1. The van der Waals surface area contributed by atoms with Gasteiger partial charge in [0.2, 0.25) is 5.88 Å². The normalized spacial score (nSPS) is 11.0. The second-order valence-corrected chi connectivity index (χ2v) is 6.94. The van der Waals surface area contributed by atoms with E-state index in [1.165, 1.54) is 0 Å². The Morgan fingerprint density at radius 3 is 2.74 bits per heavy atom. The molecule has 0 saturated carbocycles. The van der Waals surface area contributed by atoms with Crippen LogP contribution in [0.4, 0.5) is 6.01 Å². The molecule has 0 radical (unpaired) electrons. The quantitative estimate of drug-likeness (QED) is 0.423. The van der Waals surface area contributed by atoms with Crippen molar-refractivity contribution in [3.63, 3.8) is 0 Å². The third-order valence-corrected chi connectivity index (χ3v) is 4.80. The molecule has 0 unspecified atom stereocenters. The lowest BCUT2D eigenvalue weighted by molar-refractivity contribution is 0.331. The maximum atomic E-state index is 11.2. The second-order valence-electron chi connectivity index (χ2n) is 5.87. The zero-order valence-corrected chi connectivity index (χ0v) is 15.1. The minimum atomic E-state index is -0.256. The molecule has 7 nitrogen and oxygen atoms in total. The van der Waals surface area contributed by atoms with E-state index < -0.39 is 0 Å². The van der Waals surface area contributed by atoms with Crippen LogP contribution in [0.2, 0.25) is 0 Å². The fraction of sp³-hybridized carbons (Fsp3) is 0.158. The predicted octanol–water partition coefficient (Wildman–Crippen LogP) is 3.36. The summed E-state index contributed by atoms with van der Waals surface area (Å²) in [5.41, 5.74) is 2.54. The Balaban J connectivity index is 1.27. The number of aromatic nitrogens is 2. The number of hydrogen-bond acceptors (Lipinski definition) is 7. The fourth-order valence-corrected chi connectivity index (χ4v) is 3.39. The summed E-state index contributed by atoms with van der Waals surface area (Å²) in [6.45, 7) is 1.01. The molecule has 0 saturated heterocycles. The van der Waals surface area contributed by atoms with Gasteiger partial charge in [0, 0.05) is 6.42 Å². The Morgan fingerprint density at radius 2 is 2.00 bits per heavy atom. The van der Waals surface area contributed by atoms with Crippen LogP contribution in [0.15, 0.2) is 57.7 Å². The molecule has 2 heterocycles. The molecule has 2 aromatic carbocycles. The maximum Gasteiger partial charge on any atom is 0.307 e. The molecule has 2 aromatic heterocycles. The lowest BCUT2D eigenvalue weighted by Crippen LogP contribution is -2.11. The zero-order chi connectivity index (χ0) is 18.6. The molecular weight excluding hydrogens is 366 g/mol. The Labute approximate surface area is 158 Å². The van der Waals surface area contributed by atoms with Gasteiger partial charge in [0.05, 0.1) is 11.4 Å². The molecule has 0 aliphatic rings. The van der Waals surface area contributed by atoms with E-state index >= 15 is 0 Å². The lowest BCUT2D eigenvalue weighted by Gasteiger charge is -2.07. The largest absolute Gasteiger partial charge is 0.494 e. The first-order chi connectivity index (χ1) is 13.2. The average molecular weight is 383 g/mol. The van der Waals surface area contributed by atoms with Crippen molar-refractivity contribution in [3.8, 4) is 11.6 Å². The Kier molecular flexibility index (Phi) is 4.80. The van der Waals surface area contributed by atoms with E-state index in [2.05, 4.69) is 15.3 Å². The third kappa shape index (κ3) is 4.12. The molecule has 0 aliphatic heterocycles. The lowest BCUT2D eigenvalue weighted by atomic mass is 10.1. The van der Waals surface area contributed by atoms with Crippen molar-refractivity contribution >= 4 is 28.5 Å². The van der Waals surface area contributed by atoms with Crippen LogP contribution in [0.5, 0.6) is 11.6 Å². The molecule has 3 N–H and O–H groups in total. The summed E-state index contributed by atoms with van der Waals surface area (Å²) >= 11 is 1.01. The number of hydrogen-bond donors (Lipinski definition) is 3. The zero-order valence-electron chi connectivity index (χ0n) is 14.3. The van der Waals surface area contributed by atoms with Gasteiger partial charge in [0.1, 0.15) is 17.9 Å². The molecule has 0 fully saturated rings. The van der Waals surface area contributed by atoms with Gasteiger partial charge in [-0.05, 0) is 29.8 Å². The van der Waals surface area contributed by atoms with Gasteiger partial charge in [-0.1, -0.05) is 35.6 Å².